The lowest BCUT2D eigenvalue weighted by Crippen LogP contribution is -2.21. The minimum atomic E-state index is 0.521. The summed E-state index contributed by atoms with van der Waals surface area (Å²) < 4.78 is 5.01. The third-order valence-electron chi connectivity index (χ3n) is 6.12. The molecule has 6 rings (SSSR count). The van der Waals surface area contributed by atoms with Gasteiger partial charge in [0, 0.05) is 23.2 Å². The highest BCUT2D eigenvalue weighted by atomic mass is 127. The van der Waals surface area contributed by atoms with Gasteiger partial charge in [-0.05, 0) is 65.3 Å². The maximum Gasteiger partial charge on any atom is 0.229 e. The van der Waals surface area contributed by atoms with E-state index in [1.165, 1.54) is 22.0 Å². The summed E-state index contributed by atoms with van der Waals surface area (Å²) in [6.07, 6.45) is 6.09. The van der Waals surface area contributed by atoms with E-state index >= 15 is 0 Å². The van der Waals surface area contributed by atoms with Crippen LogP contribution >= 0.6 is 22.6 Å². The molecular formula is C25H24IN9. The van der Waals surface area contributed by atoms with Crippen molar-refractivity contribution in [3.8, 4) is 5.69 Å². The second-order valence-corrected chi connectivity index (χ2v) is 9.83. The molecule has 0 radical (unpaired) electrons. The molecule has 0 atom stereocenters. The van der Waals surface area contributed by atoms with E-state index in [0.29, 0.717) is 18.7 Å². The lowest BCUT2D eigenvalue weighted by molar-refractivity contribution is 0.769. The first-order valence-corrected chi connectivity index (χ1v) is 12.7. The van der Waals surface area contributed by atoms with Gasteiger partial charge >= 0.3 is 0 Å². The van der Waals surface area contributed by atoms with Gasteiger partial charge in [-0.25, -0.2) is 9.67 Å². The molecule has 5 aromatic rings. The van der Waals surface area contributed by atoms with Gasteiger partial charge in [-0.15, -0.1) is 5.10 Å². The van der Waals surface area contributed by atoms with Gasteiger partial charge in [-0.1, -0.05) is 35.5 Å². The van der Waals surface area contributed by atoms with E-state index in [9.17, 15) is 0 Å². The van der Waals surface area contributed by atoms with Gasteiger partial charge in [0.2, 0.25) is 5.95 Å². The fraction of sp³-hybridized carbons (Fsp3) is 0.240. The Balaban J connectivity index is 1.32. The summed E-state index contributed by atoms with van der Waals surface area (Å²) in [6, 6.07) is 18.5. The highest BCUT2D eigenvalue weighted by molar-refractivity contribution is 14.1. The van der Waals surface area contributed by atoms with E-state index in [2.05, 4.69) is 72.4 Å². The predicted octanol–water partition coefficient (Wildman–Crippen LogP) is 4.27. The summed E-state index contributed by atoms with van der Waals surface area (Å²) in [5, 5.41) is 12.2. The molecule has 0 saturated carbocycles. The molecule has 0 bridgehead atoms. The molecule has 35 heavy (non-hydrogen) atoms. The minimum Gasteiger partial charge on any atom is -0.364 e. The smallest absolute Gasteiger partial charge is 0.229 e. The number of anilines is 2. The topological polar surface area (TPSA) is 89.6 Å². The Morgan fingerprint density at radius 1 is 0.943 bits per heavy atom. The Morgan fingerprint density at radius 2 is 1.74 bits per heavy atom. The van der Waals surface area contributed by atoms with Crippen LogP contribution in [-0.2, 0) is 13.1 Å². The van der Waals surface area contributed by atoms with Crippen LogP contribution in [0.5, 0.6) is 0 Å². The first-order chi connectivity index (χ1) is 17.2. The average Bonchev–Trinajstić information content (AvgIpc) is 3.66. The molecule has 10 heteroatoms. The Kier molecular flexibility index (Phi) is 6.03. The highest BCUT2D eigenvalue weighted by Crippen LogP contribution is 2.26. The van der Waals surface area contributed by atoms with Gasteiger partial charge < -0.3 is 14.8 Å². The molecule has 1 saturated heterocycles. The van der Waals surface area contributed by atoms with Crippen LogP contribution in [0.1, 0.15) is 24.1 Å². The molecular weight excluding hydrogens is 553 g/mol. The second kappa shape index (κ2) is 9.61. The molecule has 2 aromatic carbocycles. The molecule has 1 aliphatic rings. The molecule has 1 aliphatic heterocycles. The van der Waals surface area contributed by atoms with E-state index in [4.69, 9.17) is 9.97 Å². The van der Waals surface area contributed by atoms with Crippen molar-refractivity contribution in [3.63, 3.8) is 0 Å². The van der Waals surface area contributed by atoms with Gasteiger partial charge in [0.05, 0.1) is 24.8 Å². The number of nitrogens with zero attached hydrogens (tertiary/aromatic N) is 8. The summed E-state index contributed by atoms with van der Waals surface area (Å²) >= 11 is 2.29. The Labute approximate surface area is 216 Å². The number of aromatic nitrogens is 7. The van der Waals surface area contributed by atoms with E-state index in [1.54, 1.807) is 4.68 Å². The number of benzene rings is 2. The minimum absolute atomic E-state index is 0.521. The predicted molar refractivity (Wildman–Crippen MR) is 144 cm³/mol. The second-order valence-electron chi connectivity index (χ2n) is 8.58. The van der Waals surface area contributed by atoms with Crippen LogP contribution < -0.4 is 10.2 Å². The maximum absolute atomic E-state index is 4.93. The van der Waals surface area contributed by atoms with Crippen LogP contribution in [0.4, 0.5) is 11.8 Å². The number of hydrogen-bond donors (Lipinski definition) is 1. The first kappa shape index (κ1) is 22.0. The molecule has 176 valence electrons. The summed E-state index contributed by atoms with van der Waals surface area (Å²) in [6.45, 7) is 3.14. The van der Waals surface area contributed by atoms with Crippen LogP contribution in [0.15, 0.2) is 67.1 Å². The Bertz CT molecular complexity index is 1440. The number of hydrogen-bond acceptors (Lipinski definition) is 7. The molecule has 3 aromatic heterocycles. The zero-order valence-corrected chi connectivity index (χ0v) is 21.2. The summed E-state index contributed by atoms with van der Waals surface area (Å²) in [5.41, 5.74) is 4.55. The highest BCUT2D eigenvalue weighted by Gasteiger charge is 2.20. The number of fused-ring (bicyclic) bond motifs is 1. The zero-order valence-electron chi connectivity index (χ0n) is 19.0. The van der Waals surface area contributed by atoms with Gasteiger partial charge in [0.15, 0.2) is 11.5 Å². The van der Waals surface area contributed by atoms with Gasteiger partial charge in [-0.3, -0.25) is 0 Å². The third-order valence-corrected chi connectivity index (χ3v) is 6.84. The summed E-state index contributed by atoms with van der Waals surface area (Å²) in [7, 11) is 0. The average molecular weight is 577 g/mol. The normalized spacial score (nSPS) is 13.6. The van der Waals surface area contributed by atoms with E-state index < -0.39 is 0 Å². The van der Waals surface area contributed by atoms with E-state index in [1.807, 2.05) is 47.4 Å². The van der Waals surface area contributed by atoms with Crippen molar-refractivity contribution in [2.24, 2.45) is 0 Å². The number of imidazole rings is 1. The SMILES string of the molecule is Ic1ccc(-n2cc(Cn3cnc4nc(N5CCCC5)nc(NCc5ccccc5)c43)nn2)cc1. The molecule has 0 spiro atoms. The van der Waals surface area contributed by atoms with Crippen molar-refractivity contribution in [3.05, 3.63) is 81.9 Å². The number of nitrogens with one attached hydrogen (secondary N) is 1. The quantitative estimate of drug-likeness (QED) is 0.289. The van der Waals surface area contributed by atoms with Crippen molar-refractivity contribution in [1.29, 1.82) is 0 Å². The Morgan fingerprint density at radius 3 is 2.54 bits per heavy atom. The van der Waals surface area contributed by atoms with Crippen LogP contribution in [-0.4, -0.2) is 47.6 Å². The molecule has 4 heterocycles. The number of rotatable bonds is 7. The van der Waals surface area contributed by atoms with Crippen LogP contribution in [0.3, 0.4) is 0 Å². The molecule has 1 N–H and O–H groups in total. The van der Waals surface area contributed by atoms with Crippen molar-refractivity contribution < 1.29 is 0 Å². The van der Waals surface area contributed by atoms with Gasteiger partial charge in [0.25, 0.3) is 0 Å². The molecule has 9 nitrogen and oxygen atoms in total. The van der Waals surface area contributed by atoms with E-state index in [-0.39, 0.29) is 0 Å². The van der Waals surface area contributed by atoms with Crippen LogP contribution in [0, 0.1) is 3.57 Å². The Hall–Kier alpha value is -3.54. The van der Waals surface area contributed by atoms with Crippen LogP contribution in [0.25, 0.3) is 16.9 Å². The monoisotopic (exact) mass is 577 g/mol. The fourth-order valence-electron chi connectivity index (χ4n) is 4.32. The standard InChI is InChI=1S/C25H24IN9/c26-19-8-10-21(11-9-19)35-16-20(31-32-35)15-34-17-28-24-22(34)23(27-14-18-6-2-1-3-7-18)29-25(30-24)33-12-4-5-13-33/h1-3,6-11,16-17H,4-5,12-15H2,(H,27,29,30). The van der Waals surface area contributed by atoms with Gasteiger partial charge in [-0.2, -0.15) is 9.97 Å². The molecule has 1 fully saturated rings. The molecule has 0 amide bonds. The molecule has 0 unspecified atom stereocenters. The van der Waals surface area contributed by atoms with Crippen molar-refractivity contribution in [2.45, 2.75) is 25.9 Å². The van der Waals surface area contributed by atoms with Crippen molar-refractivity contribution in [2.75, 3.05) is 23.3 Å². The fourth-order valence-corrected chi connectivity index (χ4v) is 4.68. The van der Waals surface area contributed by atoms with Crippen molar-refractivity contribution >= 4 is 45.5 Å². The summed E-state index contributed by atoms with van der Waals surface area (Å²) in [5.74, 6) is 1.52. The van der Waals surface area contributed by atoms with Gasteiger partial charge in [0.1, 0.15) is 11.2 Å². The third kappa shape index (κ3) is 4.70. The van der Waals surface area contributed by atoms with Crippen LogP contribution in [0.2, 0.25) is 0 Å². The maximum atomic E-state index is 4.93. The lowest BCUT2D eigenvalue weighted by atomic mass is 10.2. The lowest BCUT2D eigenvalue weighted by Gasteiger charge is -2.17. The first-order valence-electron chi connectivity index (χ1n) is 11.7. The molecule has 0 aliphatic carbocycles. The largest absolute Gasteiger partial charge is 0.364 e. The summed E-state index contributed by atoms with van der Waals surface area (Å²) in [4.78, 5) is 16.6. The van der Waals surface area contributed by atoms with Crippen molar-refractivity contribution in [1.82, 2.24) is 34.5 Å². The zero-order chi connectivity index (χ0) is 23.6. The number of halogens is 1. The van der Waals surface area contributed by atoms with E-state index in [0.717, 1.165) is 41.8 Å².